The number of fused-ring (bicyclic) bond motifs is 1. The van der Waals surface area contributed by atoms with Gasteiger partial charge in [-0.15, -0.1) is 0 Å². The lowest BCUT2D eigenvalue weighted by molar-refractivity contribution is -0.139. The van der Waals surface area contributed by atoms with Gasteiger partial charge in [0.2, 0.25) is 5.91 Å². The molecule has 2 rings (SSSR count). The zero-order valence-corrected chi connectivity index (χ0v) is 9.88. The maximum Gasteiger partial charge on any atom is 0.319 e. The number of carbonyl (C=O) groups is 2. The summed E-state index contributed by atoms with van der Waals surface area (Å²) in [5, 5.41) is 6.07. The molecule has 90 valence electrons. The van der Waals surface area contributed by atoms with E-state index in [0.717, 1.165) is 5.56 Å². The van der Waals surface area contributed by atoms with Crippen molar-refractivity contribution in [3.05, 3.63) is 28.8 Å². The highest BCUT2D eigenvalue weighted by Gasteiger charge is 2.30. The molecule has 1 aromatic rings. The number of carbonyl (C=O) groups excluding carboxylic acids is 2. The number of benzene rings is 1. The van der Waals surface area contributed by atoms with Crippen molar-refractivity contribution in [1.82, 2.24) is 5.32 Å². The van der Waals surface area contributed by atoms with Crippen molar-refractivity contribution < 1.29 is 14.3 Å². The van der Waals surface area contributed by atoms with Gasteiger partial charge in [-0.3, -0.25) is 14.9 Å². The highest BCUT2D eigenvalue weighted by atomic mass is 35.5. The van der Waals surface area contributed by atoms with Crippen LogP contribution in [0.1, 0.15) is 11.6 Å². The Morgan fingerprint density at radius 2 is 2.35 bits per heavy atom. The second-order valence-corrected chi connectivity index (χ2v) is 4.05. The molecule has 0 spiro atoms. The zero-order chi connectivity index (χ0) is 12.4. The van der Waals surface area contributed by atoms with Crippen LogP contribution >= 0.6 is 11.6 Å². The maximum absolute atomic E-state index is 11.7. The molecule has 0 saturated heterocycles. The van der Waals surface area contributed by atoms with Crippen LogP contribution in [-0.4, -0.2) is 25.5 Å². The zero-order valence-electron chi connectivity index (χ0n) is 9.12. The van der Waals surface area contributed by atoms with Crippen LogP contribution in [0.4, 0.5) is 5.69 Å². The summed E-state index contributed by atoms with van der Waals surface area (Å²) in [6, 6.07) is 4.56. The van der Waals surface area contributed by atoms with E-state index in [1.807, 2.05) is 0 Å². The lowest BCUT2D eigenvalue weighted by Crippen LogP contribution is -2.32. The van der Waals surface area contributed by atoms with E-state index >= 15 is 0 Å². The van der Waals surface area contributed by atoms with E-state index in [1.165, 1.54) is 7.11 Å². The standard InChI is InChI=1S/C11H11ClN2O3/c1-17-9(15)5-13-10-7-4-6(12)2-3-8(7)14-11(10)16/h2-4,10,13H,5H2,1H3,(H,14,16). The fourth-order valence-corrected chi connectivity index (χ4v) is 1.87. The minimum Gasteiger partial charge on any atom is -0.468 e. The molecule has 17 heavy (non-hydrogen) atoms. The molecular weight excluding hydrogens is 244 g/mol. The van der Waals surface area contributed by atoms with Crippen molar-refractivity contribution in [2.45, 2.75) is 6.04 Å². The number of hydrogen-bond acceptors (Lipinski definition) is 4. The summed E-state index contributed by atoms with van der Waals surface area (Å²) >= 11 is 5.87. The number of amides is 1. The van der Waals surface area contributed by atoms with Gasteiger partial charge in [0.1, 0.15) is 6.04 Å². The third-order valence-electron chi connectivity index (χ3n) is 2.52. The molecule has 0 aliphatic carbocycles. The Morgan fingerprint density at radius 1 is 1.59 bits per heavy atom. The third-order valence-corrected chi connectivity index (χ3v) is 2.76. The largest absolute Gasteiger partial charge is 0.468 e. The first kappa shape index (κ1) is 11.9. The van der Waals surface area contributed by atoms with Crippen molar-refractivity contribution in [2.24, 2.45) is 0 Å². The monoisotopic (exact) mass is 254 g/mol. The quantitative estimate of drug-likeness (QED) is 0.793. The molecule has 1 unspecified atom stereocenters. The minimum atomic E-state index is -0.567. The van der Waals surface area contributed by atoms with Crippen LogP contribution in [0.5, 0.6) is 0 Å². The smallest absolute Gasteiger partial charge is 0.319 e. The molecule has 0 fully saturated rings. The Hall–Kier alpha value is -1.59. The Balaban J connectivity index is 2.16. The number of rotatable bonds is 3. The van der Waals surface area contributed by atoms with Crippen LogP contribution in [0, 0.1) is 0 Å². The molecule has 0 aromatic heterocycles. The van der Waals surface area contributed by atoms with Crippen LogP contribution in [-0.2, 0) is 14.3 Å². The number of ether oxygens (including phenoxy) is 1. The SMILES string of the molecule is COC(=O)CNC1C(=O)Nc2ccc(Cl)cc21. The van der Waals surface area contributed by atoms with E-state index < -0.39 is 12.0 Å². The molecule has 6 heteroatoms. The van der Waals surface area contributed by atoms with E-state index in [-0.39, 0.29) is 12.5 Å². The van der Waals surface area contributed by atoms with Gasteiger partial charge < -0.3 is 10.1 Å². The first-order chi connectivity index (χ1) is 8.11. The Morgan fingerprint density at radius 3 is 3.06 bits per heavy atom. The van der Waals surface area contributed by atoms with Gasteiger partial charge >= 0.3 is 5.97 Å². The average molecular weight is 255 g/mol. The van der Waals surface area contributed by atoms with Crippen molar-refractivity contribution in [3.63, 3.8) is 0 Å². The summed E-state index contributed by atoms with van der Waals surface area (Å²) < 4.78 is 4.50. The van der Waals surface area contributed by atoms with Gasteiger partial charge in [-0.1, -0.05) is 11.6 Å². The highest BCUT2D eigenvalue weighted by molar-refractivity contribution is 6.31. The Labute approximate surface area is 103 Å². The first-order valence-electron chi connectivity index (χ1n) is 5.02. The van der Waals surface area contributed by atoms with Crippen molar-refractivity contribution in [2.75, 3.05) is 19.0 Å². The van der Waals surface area contributed by atoms with E-state index in [9.17, 15) is 9.59 Å². The normalized spacial score (nSPS) is 17.5. The minimum absolute atomic E-state index is 0.0272. The van der Waals surface area contributed by atoms with Crippen LogP contribution in [0.2, 0.25) is 5.02 Å². The summed E-state index contributed by atoms with van der Waals surface area (Å²) in [5.41, 5.74) is 1.45. The number of methoxy groups -OCH3 is 1. The topological polar surface area (TPSA) is 67.4 Å². The van der Waals surface area contributed by atoms with Gasteiger partial charge in [0.05, 0.1) is 13.7 Å². The van der Waals surface area contributed by atoms with E-state index in [1.54, 1.807) is 18.2 Å². The fraction of sp³-hybridized carbons (Fsp3) is 0.273. The number of anilines is 1. The second kappa shape index (κ2) is 4.73. The van der Waals surface area contributed by atoms with Crippen molar-refractivity contribution >= 4 is 29.2 Å². The van der Waals surface area contributed by atoms with E-state index in [0.29, 0.717) is 10.7 Å². The van der Waals surface area contributed by atoms with Crippen LogP contribution < -0.4 is 10.6 Å². The lowest BCUT2D eigenvalue weighted by atomic mass is 10.1. The van der Waals surface area contributed by atoms with E-state index in [4.69, 9.17) is 11.6 Å². The van der Waals surface area contributed by atoms with Gasteiger partial charge in [-0.05, 0) is 18.2 Å². The Kier molecular flexibility index (Phi) is 3.31. The molecule has 1 aliphatic rings. The molecule has 1 atom stereocenters. The maximum atomic E-state index is 11.7. The molecular formula is C11H11ClN2O3. The molecule has 0 bridgehead atoms. The fourth-order valence-electron chi connectivity index (χ4n) is 1.69. The van der Waals surface area contributed by atoms with Crippen molar-refractivity contribution in [3.8, 4) is 0 Å². The summed E-state index contributed by atoms with van der Waals surface area (Å²) in [6.07, 6.45) is 0. The molecule has 1 amide bonds. The van der Waals surface area contributed by atoms with E-state index in [2.05, 4.69) is 15.4 Å². The number of esters is 1. The first-order valence-corrected chi connectivity index (χ1v) is 5.40. The highest BCUT2D eigenvalue weighted by Crippen LogP contribution is 2.32. The van der Waals surface area contributed by atoms with Gasteiger partial charge in [-0.25, -0.2) is 0 Å². The number of halogens is 1. The molecule has 5 nitrogen and oxygen atoms in total. The van der Waals surface area contributed by atoms with Crippen LogP contribution in [0.3, 0.4) is 0 Å². The van der Waals surface area contributed by atoms with Gasteiger partial charge in [-0.2, -0.15) is 0 Å². The van der Waals surface area contributed by atoms with Gasteiger partial charge in [0, 0.05) is 16.3 Å². The Bertz CT molecular complexity index is 476. The molecule has 1 heterocycles. The predicted molar refractivity (Wildman–Crippen MR) is 62.8 cm³/mol. The predicted octanol–water partition coefficient (Wildman–Crippen LogP) is 1.10. The van der Waals surface area contributed by atoms with Crippen LogP contribution in [0.15, 0.2) is 18.2 Å². The second-order valence-electron chi connectivity index (χ2n) is 3.61. The lowest BCUT2D eigenvalue weighted by Gasteiger charge is -2.10. The van der Waals surface area contributed by atoms with Gasteiger partial charge in [0.15, 0.2) is 0 Å². The molecule has 2 N–H and O–H groups in total. The summed E-state index contributed by atoms with van der Waals surface area (Å²) in [6.45, 7) is -0.0272. The summed E-state index contributed by atoms with van der Waals surface area (Å²) in [5.74, 6) is -0.626. The van der Waals surface area contributed by atoms with Crippen LogP contribution in [0.25, 0.3) is 0 Å². The summed E-state index contributed by atoms with van der Waals surface area (Å²) in [7, 11) is 1.30. The van der Waals surface area contributed by atoms with Crippen molar-refractivity contribution in [1.29, 1.82) is 0 Å². The number of hydrogen-bond donors (Lipinski definition) is 2. The third kappa shape index (κ3) is 2.40. The summed E-state index contributed by atoms with van der Waals surface area (Å²) in [4.78, 5) is 22.7. The van der Waals surface area contributed by atoms with Gasteiger partial charge in [0.25, 0.3) is 0 Å². The average Bonchev–Trinajstić information content (AvgIpc) is 2.61. The molecule has 1 aromatic carbocycles. The molecule has 0 radical (unpaired) electrons. The molecule has 1 aliphatic heterocycles. The number of nitrogens with one attached hydrogen (secondary N) is 2. The molecule has 0 saturated carbocycles.